The molecular formula is C21H25FN2O3S. The Kier molecular flexibility index (Phi) is 6.80. The Morgan fingerprint density at radius 2 is 1.82 bits per heavy atom. The lowest BCUT2D eigenvalue weighted by Gasteiger charge is -2.33. The number of carbonyl (C=O) groups excluding carboxylic acids is 1. The maximum atomic E-state index is 13.9. The highest BCUT2D eigenvalue weighted by Crippen LogP contribution is 2.16. The Morgan fingerprint density at radius 1 is 1.11 bits per heavy atom. The van der Waals surface area contributed by atoms with Gasteiger partial charge in [-0.25, -0.2) is 12.8 Å². The zero-order chi connectivity index (χ0) is 20.0. The van der Waals surface area contributed by atoms with Crippen LogP contribution in [0.25, 0.3) is 0 Å². The van der Waals surface area contributed by atoms with E-state index in [2.05, 4.69) is 10.2 Å². The molecule has 1 N–H and O–H groups in total. The van der Waals surface area contributed by atoms with E-state index >= 15 is 0 Å². The molecule has 2 aromatic rings. The number of amides is 1. The normalized spacial score (nSPS) is 18.0. The molecule has 3 rings (SSSR count). The van der Waals surface area contributed by atoms with Crippen LogP contribution >= 0.6 is 0 Å². The van der Waals surface area contributed by atoms with Crippen molar-refractivity contribution in [3.63, 3.8) is 0 Å². The van der Waals surface area contributed by atoms with Gasteiger partial charge in [-0.1, -0.05) is 36.4 Å². The highest BCUT2D eigenvalue weighted by atomic mass is 32.2. The molecule has 1 fully saturated rings. The first-order valence-electron chi connectivity index (χ1n) is 9.47. The fourth-order valence-corrected chi connectivity index (χ4v) is 4.72. The minimum Gasteiger partial charge on any atom is -0.352 e. The number of likely N-dealkylation sites (tertiary alicyclic amines) is 1. The van der Waals surface area contributed by atoms with Gasteiger partial charge in [-0.3, -0.25) is 9.69 Å². The van der Waals surface area contributed by atoms with Gasteiger partial charge in [0.05, 0.1) is 10.6 Å². The van der Waals surface area contributed by atoms with Crippen molar-refractivity contribution in [1.29, 1.82) is 0 Å². The number of hydrogen-bond donors (Lipinski definition) is 1. The molecule has 28 heavy (non-hydrogen) atoms. The molecular weight excluding hydrogens is 379 g/mol. The summed E-state index contributed by atoms with van der Waals surface area (Å²) < 4.78 is 38.4. The van der Waals surface area contributed by atoms with Crippen LogP contribution in [0, 0.1) is 5.82 Å². The molecule has 1 unspecified atom stereocenters. The summed E-state index contributed by atoms with van der Waals surface area (Å²) in [5.74, 6) is -0.703. The third kappa shape index (κ3) is 5.62. The molecule has 1 aliphatic heterocycles. The van der Waals surface area contributed by atoms with Gasteiger partial charge in [0.1, 0.15) is 5.82 Å². The zero-order valence-electron chi connectivity index (χ0n) is 15.7. The van der Waals surface area contributed by atoms with E-state index in [1.807, 2.05) is 6.07 Å². The number of halogens is 1. The van der Waals surface area contributed by atoms with Crippen LogP contribution in [0.2, 0.25) is 0 Å². The lowest BCUT2D eigenvalue weighted by Crippen LogP contribution is -2.47. The second kappa shape index (κ2) is 9.30. The maximum Gasteiger partial charge on any atom is 0.221 e. The Hall–Kier alpha value is -2.25. The van der Waals surface area contributed by atoms with E-state index in [0.29, 0.717) is 18.7 Å². The molecule has 1 saturated heterocycles. The summed E-state index contributed by atoms with van der Waals surface area (Å²) in [6.45, 7) is 1.98. The number of hydrogen-bond acceptors (Lipinski definition) is 4. The van der Waals surface area contributed by atoms with E-state index < -0.39 is 9.84 Å². The summed E-state index contributed by atoms with van der Waals surface area (Å²) >= 11 is 0. The molecule has 150 valence electrons. The molecule has 0 aliphatic carbocycles. The number of benzene rings is 2. The van der Waals surface area contributed by atoms with Crippen molar-refractivity contribution in [1.82, 2.24) is 10.2 Å². The van der Waals surface area contributed by atoms with Gasteiger partial charge in [-0.2, -0.15) is 0 Å². The minimum absolute atomic E-state index is 0.0487. The first-order valence-corrected chi connectivity index (χ1v) is 11.1. The van der Waals surface area contributed by atoms with E-state index in [1.165, 1.54) is 18.2 Å². The van der Waals surface area contributed by atoms with Crippen LogP contribution < -0.4 is 5.32 Å². The maximum absolute atomic E-state index is 13.9. The topological polar surface area (TPSA) is 66.5 Å². The van der Waals surface area contributed by atoms with Crippen LogP contribution in [0.1, 0.15) is 24.8 Å². The summed E-state index contributed by atoms with van der Waals surface area (Å²) in [6, 6.07) is 14.8. The van der Waals surface area contributed by atoms with Crippen molar-refractivity contribution in [2.24, 2.45) is 0 Å². The third-order valence-corrected chi connectivity index (χ3v) is 6.65. The number of sulfone groups is 1. The van der Waals surface area contributed by atoms with Gasteiger partial charge in [0.25, 0.3) is 0 Å². The fraction of sp³-hybridized carbons (Fsp3) is 0.381. The van der Waals surface area contributed by atoms with Crippen molar-refractivity contribution < 1.29 is 17.6 Å². The van der Waals surface area contributed by atoms with Crippen molar-refractivity contribution in [2.45, 2.75) is 36.7 Å². The molecule has 0 radical (unpaired) electrons. The van der Waals surface area contributed by atoms with Gasteiger partial charge in [-0.15, -0.1) is 0 Å². The third-order valence-electron chi connectivity index (χ3n) is 4.92. The number of rotatable bonds is 7. The van der Waals surface area contributed by atoms with Gasteiger partial charge in [0.2, 0.25) is 5.91 Å². The lowest BCUT2D eigenvalue weighted by atomic mass is 10.0. The van der Waals surface area contributed by atoms with Crippen LogP contribution in [0.4, 0.5) is 4.39 Å². The van der Waals surface area contributed by atoms with Crippen molar-refractivity contribution in [2.75, 3.05) is 18.8 Å². The van der Waals surface area contributed by atoms with Crippen LogP contribution in [-0.4, -0.2) is 44.1 Å². The minimum atomic E-state index is -3.47. The molecule has 1 aliphatic rings. The standard InChI is InChI=1S/C21H25FN2O3S/c22-20-11-5-4-7-17(20)15-24-13-6-8-18(16-24)23-21(25)12-14-28(26,27)19-9-2-1-3-10-19/h1-5,7,9-11,18H,6,8,12-16H2,(H,23,25). The van der Waals surface area contributed by atoms with Crippen LogP contribution in [-0.2, 0) is 21.2 Å². The second-order valence-electron chi connectivity index (χ2n) is 7.12. The summed E-state index contributed by atoms with van der Waals surface area (Å²) in [4.78, 5) is 14.6. The van der Waals surface area contributed by atoms with Gasteiger partial charge >= 0.3 is 0 Å². The molecule has 2 aromatic carbocycles. The predicted octanol–water partition coefficient (Wildman–Crippen LogP) is 2.77. The highest BCUT2D eigenvalue weighted by molar-refractivity contribution is 7.91. The molecule has 7 heteroatoms. The Bertz CT molecular complexity index is 903. The fourth-order valence-electron chi connectivity index (χ4n) is 3.46. The number of carbonyl (C=O) groups is 1. The average Bonchev–Trinajstić information content (AvgIpc) is 2.69. The molecule has 5 nitrogen and oxygen atoms in total. The number of nitrogens with one attached hydrogen (secondary N) is 1. The van der Waals surface area contributed by atoms with Gasteiger partial charge in [0, 0.05) is 31.1 Å². The SMILES string of the molecule is O=C(CCS(=O)(=O)c1ccccc1)NC1CCCN(Cc2ccccc2F)C1. The molecule has 0 spiro atoms. The zero-order valence-corrected chi connectivity index (χ0v) is 16.5. The largest absolute Gasteiger partial charge is 0.352 e. The summed E-state index contributed by atoms with van der Waals surface area (Å²) in [5.41, 5.74) is 0.642. The second-order valence-corrected chi connectivity index (χ2v) is 9.22. The lowest BCUT2D eigenvalue weighted by molar-refractivity contribution is -0.121. The van der Waals surface area contributed by atoms with E-state index in [9.17, 15) is 17.6 Å². The monoisotopic (exact) mass is 404 g/mol. The molecule has 1 heterocycles. The average molecular weight is 405 g/mol. The van der Waals surface area contributed by atoms with E-state index in [0.717, 1.165) is 19.4 Å². The molecule has 0 saturated carbocycles. The quantitative estimate of drug-likeness (QED) is 0.771. The van der Waals surface area contributed by atoms with E-state index in [1.54, 1.807) is 30.3 Å². The van der Waals surface area contributed by atoms with Gasteiger partial charge in [0.15, 0.2) is 9.84 Å². The smallest absolute Gasteiger partial charge is 0.221 e. The molecule has 1 amide bonds. The Morgan fingerprint density at radius 3 is 2.57 bits per heavy atom. The van der Waals surface area contributed by atoms with Crippen molar-refractivity contribution >= 4 is 15.7 Å². The molecule has 1 atom stereocenters. The predicted molar refractivity (Wildman–Crippen MR) is 106 cm³/mol. The van der Waals surface area contributed by atoms with Gasteiger partial charge in [-0.05, 0) is 37.6 Å². The first kappa shape index (κ1) is 20.5. The van der Waals surface area contributed by atoms with Crippen LogP contribution in [0.15, 0.2) is 59.5 Å². The summed E-state index contributed by atoms with van der Waals surface area (Å²) in [7, 11) is -3.47. The molecule has 0 bridgehead atoms. The van der Waals surface area contributed by atoms with Crippen molar-refractivity contribution in [3.8, 4) is 0 Å². The molecule has 0 aromatic heterocycles. The summed E-state index contributed by atoms with van der Waals surface area (Å²) in [6.07, 6.45) is 1.67. The number of nitrogens with zero attached hydrogens (tertiary/aromatic N) is 1. The van der Waals surface area contributed by atoms with E-state index in [4.69, 9.17) is 0 Å². The Labute approximate surface area is 165 Å². The highest BCUT2D eigenvalue weighted by Gasteiger charge is 2.23. The summed E-state index contributed by atoms with van der Waals surface area (Å²) in [5, 5.41) is 2.93. The van der Waals surface area contributed by atoms with Crippen LogP contribution in [0.5, 0.6) is 0 Å². The number of piperidine rings is 1. The van der Waals surface area contributed by atoms with Crippen LogP contribution in [0.3, 0.4) is 0 Å². The van der Waals surface area contributed by atoms with Crippen molar-refractivity contribution in [3.05, 3.63) is 66.0 Å². The first-order chi connectivity index (χ1) is 13.4. The van der Waals surface area contributed by atoms with E-state index in [-0.39, 0.29) is 34.8 Å². The Balaban J connectivity index is 1.49. The van der Waals surface area contributed by atoms with Gasteiger partial charge < -0.3 is 5.32 Å².